The summed E-state index contributed by atoms with van der Waals surface area (Å²) in [6.07, 6.45) is 1.42. The van der Waals surface area contributed by atoms with Gasteiger partial charge >= 0.3 is 0 Å². The van der Waals surface area contributed by atoms with E-state index < -0.39 is 0 Å². The molecule has 0 aliphatic carbocycles. The molecule has 3 heteroatoms. The van der Waals surface area contributed by atoms with Crippen LogP contribution >= 0.6 is 0 Å². The first-order valence-corrected chi connectivity index (χ1v) is 5.03. The van der Waals surface area contributed by atoms with Gasteiger partial charge in [-0.3, -0.25) is 4.79 Å². The molecule has 0 aromatic heterocycles. The fraction of sp³-hybridized carbons (Fsp3) is 0.231. The van der Waals surface area contributed by atoms with Crippen molar-refractivity contribution in [1.82, 2.24) is 0 Å². The Hall–Kier alpha value is -2.08. The number of ketones is 1. The van der Waals surface area contributed by atoms with E-state index >= 15 is 0 Å². The van der Waals surface area contributed by atoms with Gasteiger partial charge in [-0.2, -0.15) is 5.26 Å². The number of aliphatic hydroxyl groups excluding tert-OH is 1. The average molecular weight is 215 g/mol. The largest absolute Gasteiger partial charge is 0.513 e. The van der Waals surface area contributed by atoms with Crippen LogP contribution in [0.3, 0.4) is 0 Å². The maximum atomic E-state index is 11.6. The van der Waals surface area contributed by atoms with Crippen LogP contribution in [0.1, 0.15) is 35.2 Å². The van der Waals surface area contributed by atoms with E-state index in [2.05, 4.69) is 6.58 Å². The van der Waals surface area contributed by atoms with Crippen LogP contribution in [0.4, 0.5) is 0 Å². The molecule has 0 aliphatic heterocycles. The lowest BCUT2D eigenvalue weighted by Gasteiger charge is -2.00. The van der Waals surface area contributed by atoms with Crippen LogP contribution in [0.25, 0.3) is 0 Å². The van der Waals surface area contributed by atoms with Gasteiger partial charge in [0.15, 0.2) is 5.78 Å². The first-order valence-electron chi connectivity index (χ1n) is 5.03. The van der Waals surface area contributed by atoms with Crippen molar-refractivity contribution in [1.29, 1.82) is 5.26 Å². The molecule has 0 saturated carbocycles. The molecule has 0 radical (unpaired) electrons. The standard InChI is InChI=1S/C13H13NO2/c1-10(15)3-2-4-13(16)12-7-5-11(9-14)6-8-12/h5-8,15H,1-4H2. The second kappa shape index (κ2) is 5.72. The van der Waals surface area contributed by atoms with E-state index in [1.54, 1.807) is 24.3 Å². The highest BCUT2D eigenvalue weighted by Crippen LogP contribution is 2.10. The van der Waals surface area contributed by atoms with Crippen molar-refractivity contribution in [2.45, 2.75) is 19.3 Å². The quantitative estimate of drug-likeness (QED) is 0.606. The number of aliphatic hydroxyl groups is 1. The summed E-state index contributed by atoms with van der Waals surface area (Å²) in [5.41, 5.74) is 1.14. The number of carbonyl (C=O) groups excluding carboxylic acids is 1. The van der Waals surface area contributed by atoms with Gasteiger partial charge < -0.3 is 5.11 Å². The number of nitrogens with zero attached hydrogens (tertiary/aromatic N) is 1. The minimum atomic E-state index is 0.0192. The second-order valence-corrected chi connectivity index (χ2v) is 3.53. The molecule has 0 heterocycles. The van der Waals surface area contributed by atoms with E-state index in [4.69, 9.17) is 10.4 Å². The number of benzene rings is 1. The number of Topliss-reactive ketones (excluding diaryl/α,β-unsaturated/α-hetero) is 1. The molecule has 3 nitrogen and oxygen atoms in total. The smallest absolute Gasteiger partial charge is 0.162 e. The molecule has 1 N–H and O–H groups in total. The number of nitriles is 1. The molecule has 0 atom stereocenters. The second-order valence-electron chi connectivity index (χ2n) is 3.53. The van der Waals surface area contributed by atoms with Crippen molar-refractivity contribution < 1.29 is 9.90 Å². The maximum Gasteiger partial charge on any atom is 0.162 e. The van der Waals surface area contributed by atoms with Crippen molar-refractivity contribution in [3.05, 3.63) is 47.7 Å². The molecule has 0 saturated heterocycles. The normalized spacial score (nSPS) is 9.44. The highest BCUT2D eigenvalue weighted by Gasteiger charge is 2.05. The zero-order valence-corrected chi connectivity index (χ0v) is 8.94. The topological polar surface area (TPSA) is 61.1 Å². The molecule has 0 spiro atoms. The number of carbonyl (C=O) groups is 1. The van der Waals surface area contributed by atoms with E-state index in [0.717, 1.165) is 0 Å². The summed E-state index contributed by atoms with van der Waals surface area (Å²) in [5, 5.41) is 17.5. The first kappa shape index (κ1) is 12.0. The number of allylic oxidation sites excluding steroid dienone is 1. The number of hydrogen-bond donors (Lipinski definition) is 1. The van der Waals surface area contributed by atoms with Gasteiger partial charge in [-0.1, -0.05) is 18.7 Å². The van der Waals surface area contributed by atoms with E-state index in [1.807, 2.05) is 6.07 Å². The third-order valence-electron chi connectivity index (χ3n) is 2.21. The van der Waals surface area contributed by atoms with E-state index in [-0.39, 0.29) is 11.5 Å². The summed E-state index contributed by atoms with van der Waals surface area (Å²) >= 11 is 0. The summed E-state index contributed by atoms with van der Waals surface area (Å²) in [5.74, 6) is 0.123. The highest BCUT2D eigenvalue weighted by molar-refractivity contribution is 5.96. The fourth-order valence-corrected chi connectivity index (χ4v) is 1.33. The molecule has 0 fully saturated rings. The van der Waals surface area contributed by atoms with Crippen molar-refractivity contribution in [3.8, 4) is 6.07 Å². The number of hydrogen-bond acceptors (Lipinski definition) is 3. The lowest BCUT2D eigenvalue weighted by atomic mass is 10.0. The van der Waals surface area contributed by atoms with Gasteiger partial charge in [0.1, 0.15) is 0 Å². The molecule has 0 aliphatic rings. The predicted octanol–water partition coefficient (Wildman–Crippen LogP) is 2.98. The lowest BCUT2D eigenvalue weighted by molar-refractivity contribution is 0.0979. The third-order valence-corrected chi connectivity index (χ3v) is 2.21. The van der Waals surface area contributed by atoms with Crippen LogP contribution in [-0.4, -0.2) is 10.9 Å². The van der Waals surface area contributed by atoms with Crippen molar-refractivity contribution in [2.24, 2.45) is 0 Å². The predicted molar refractivity (Wildman–Crippen MR) is 61.1 cm³/mol. The van der Waals surface area contributed by atoms with Gasteiger partial charge in [0.05, 0.1) is 17.4 Å². The molecule has 1 aromatic rings. The van der Waals surface area contributed by atoms with Gasteiger partial charge in [-0.05, 0) is 18.6 Å². The zero-order chi connectivity index (χ0) is 12.0. The molecular formula is C13H13NO2. The highest BCUT2D eigenvalue weighted by atomic mass is 16.3. The van der Waals surface area contributed by atoms with Crippen molar-refractivity contribution in [3.63, 3.8) is 0 Å². The number of rotatable bonds is 5. The van der Waals surface area contributed by atoms with Gasteiger partial charge in [0.2, 0.25) is 0 Å². The summed E-state index contributed by atoms with van der Waals surface area (Å²) < 4.78 is 0. The Morgan fingerprint density at radius 1 is 1.31 bits per heavy atom. The van der Waals surface area contributed by atoms with Gasteiger partial charge in [0, 0.05) is 18.4 Å². The Bertz CT molecular complexity index is 426. The third kappa shape index (κ3) is 3.58. The Kier molecular flexibility index (Phi) is 4.28. The van der Waals surface area contributed by atoms with Crippen LogP contribution in [0, 0.1) is 11.3 Å². The Morgan fingerprint density at radius 3 is 2.44 bits per heavy atom. The lowest BCUT2D eigenvalue weighted by Crippen LogP contribution is -1.99. The minimum absolute atomic E-state index is 0.0192. The summed E-state index contributed by atoms with van der Waals surface area (Å²) in [4.78, 5) is 11.6. The van der Waals surface area contributed by atoms with Crippen LogP contribution in [0.2, 0.25) is 0 Å². The van der Waals surface area contributed by atoms with Crippen LogP contribution < -0.4 is 0 Å². The molecule has 1 aromatic carbocycles. The summed E-state index contributed by atoms with van der Waals surface area (Å²) in [7, 11) is 0. The Balaban J connectivity index is 2.53. The molecule has 0 bridgehead atoms. The maximum absolute atomic E-state index is 11.6. The molecule has 1 rings (SSSR count). The van der Waals surface area contributed by atoms with Crippen LogP contribution in [-0.2, 0) is 0 Å². The summed E-state index contributed by atoms with van der Waals surface area (Å²) in [6, 6.07) is 8.54. The molecule has 0 unspecified atom stereocenters. The van der Waals surface area contributed by atoms with Crippen LogP contribution in [0.15, 0.2) is 36.6 Å². The molecule has 16 heavy (non-hydrogen) atoms. The Labute approximate surface area is 94.6 Å². The van der Waals surface area contributed by atoms with Crippen molar-refractivity contribution in [2.75, 3.05) is 0 Å². The monoisotopic (exact) mass is 215 g/mol. The molecule has 0 amide bonds. The molecule has 82 valence electrons. The first-order chi connectivity index (χ1) is 7.63. The molecular weight excluding hydrogens is 202 g/mol. The van der Waals surface area contributed by atoms with Crippen LogP contribution in [0.5, 0.6) is 0 Å². The average Bonchev–Trinajstić information content (AvgIpc) is 2.28. The Morgan fingerprint density at radius 2 is 1.94 bits per heavy atom. The van der Waals surface area contributed by atoms with Gasteiger partial charge in [-0.25, -0.2) is 0 Å². The zero-order valence-electron chi connectivity index (χ0n) is 8.94. The van der Waals surface area contributed by atoms with Gasteiger partial charge in [-0.15, -0.1) is 0 Å². The fourth-order valence-electron chi connectivity index (χ4n) is 1.33. The van der Waals surface area contributed by atoms with Crippen molar-refractivity contribution >= 4 is 5.78 Å². The van der Waals surface area contributed by atoms with E-state index in [1.165, 1.54) is 0 Å². The van der Waals surface area contributed by atoms with E-state index in [9.17, 15) is 4.79 Å². The minimum Gasteiger partial charge on any atom is -0.513 e. The van der Waals surface area contributed by atoms with E-state index in [0.29, 0.717) is 30.4 Å². The SMILES string of the molecule is C=C(O)CCCC(=O)c1ccc(C#N)cc1. The van der Waals surface area contributed by atoms with Gasteiger partial charge in [0.25, 0.3) is 0 Å². The summed E-state index contributed by atoms with van der Waals surface area (Å²) in [6.45, 7) is 3.36.